The Hall–Kier alpha value is -3.67. The third kappa shape index (κ3) is 2.68. The Balaban J connectivity index is 1.70. The van der Waals surface area contributed by atoms with Crippen molar-refractivity contribution < 1.29 is 4.52 Å². The Morgan fingerprint density at radius 2 is 1.97 bits per heavy atom. The molecule has 0 radical (unpaired) electrons. The third-order valence-corrected chi connectivity index (χ3v) is 5.80. The van der Waals surface area contributed by atoms with Gasteiger partial charge in [0, 0.05) is 17.1 Å². The molecule has 0 spiro atoms. The molecule has 1 N–H and O–H groups in total. The molecule has 1 atom stereocenters. The van der Waals surface area contributed by atoms with Crippen LogP contribution in [0.3, 0.4) is 0 Å². The largest absolute Gasteiger partial charge is 0.361 e. The number of nitrogens with zero attached hydrogens (tertiary/aromatic N) is 4. The van der Waals surface area contributed by atoms with Gasteiger partial charge >= 0.3 is 0 Å². The second kappa shape index (κ2) is 6.69. The molecule has 150 valence electrons. The van der Waals surface area contributed by atoms with Gasteiger partial charge in [0.25, 0.3) is 0 Å². The topological polar surface area (TPSA) is 67.1 Å². The standard InChI is InChI=1S/C24H23N5O/c1-13-10-19-21(11-18(13)23-14(2)28-30-16(23)4)26-12-22-24(19)29(17(5)27-22)15(3)20-8-6-7-9-25-20/h6-12,15,27H,5H2,1-4H3/t15-/m1/s1. The number of hydrogen-bond donors (Lipinski definition) is 1. The summed E-state index contributed by atoms with van der Waals surface area (Å²) in [6.07, 6.45) is 3.70. The lowest BCUT2D eigenvalue weighted by Gasteiger charge is -2.27. The molecule has 6 nitrogen and oxygen atoms in total. The summed E-state index contributed by atoms with van der Waals surface area (Å²) in [5.41, 5.74) is 8.12. The van der Waals surface area contributed by atoms with Crippen molar-refractivity contribution >= 4 is 22.3 Å². The first-order chi connectivity index (χ1) is 14.5. The first-order valence-corrected chi connectivity index (χ1v) is 9.98. The molecule has 1 aromatic carbocycles. The number of hydrogen-bond acceptors (Lipinski definition) is 6. The van der Waals surface area contributed by atoms with Crippen LogP contribution in [0.25, 0.3) is 22.0 Å². The lowest BCUT2D eigenvalue weighted by molar-refractivity contribution is 0.393. The number of aryl methyl sites for hydroxylation is 3. The molecule has 5 rings (SSSR count). The van der Waals surface area contributed by atoms with Crippen LogP contribution < -0.4 is 10.2 Å². The minimum Gasteiger partial charge on any atom is -0.361 e. The van der Waals surface area contributed by atoms with E-state index in [-0.39, 0.29) is 6.04 Å². The first kappa shape index (κ1) is 18.4. The van der Waals surface area contributed by atoms with Gasteiger partial charge in [-0.15, -0.1) is 0 Å². The minimum absolute atomic E-state index is 0.0283. The number of pyridine rings is 2. The van der Waals surface area contributed by atoms with Crippen molar-refractivity contribution in [2.45, 2.75) is 33.7 Å². The molecule has 30 heavy (non-hydrogen) atoms. The van der Waals surface area contributed by atoms with E-state index >= 15 is 0 Å². The van der Waals surface area contributed by atoms with Crippen molar-refractivity contribution in [2.24, 2.45) is 0 Å². The van der Waals surface area contributed by atoms with E-state index in [4.69, 9.17) is 9.51 Å². The summed E-state index contributed by atoms with van der Waals surface area (Å²) in [5, 5.41) is 8.58. The van der Waals surface area contributed by atoms with Crippen molar-refractivity contribution in [3.05, 3.63) is 77.8 Å². The Kier molecular flexibility index (Phi) is 4.10. The minimum atomic E-state index is 0.0283. The quantitative estimate of drug-likeness (QED) is 0.480. The van der Waals surface area contributed by atoms with Crippen LogP contribution in [0.4, 0.5) is 11.4 Å². The number of benzene rings is 1. The predicted molar refractivity (Wildman–Crippen MR) is 119 cm³/mol. The van der Waals surface area contributed by atoms with Gasteiger partial charge in [0.2, 0.25) is 0 Å². The highest BCUT2D eigenvalue weighted by atomic mass is 16.5. The molecular weight excluding hydrogens is 374 g/mol. The van der Waals surface area contributed by atoms with E-state index in [0.29, 0.717) is 0 Å². The summed E-state index contributed by atoms with van der Waals surface area (Å²) in [4.78, 5) is 11.5. The van der Waals surface area contributed by atoms with Gasteiger partial charge in [-0.05, 0) is 63.1 Å². The fraction of sp³-hybridized carbons (Fsp3) is 0.208. The third-order valence-electron chi connectivity index (χ3n) is 5.80. The normalized spacial score (nSPS) is 14.1. The molecule has 3 aromatic heterocycles. The average molecular weight is 397 g/mol. The summed E-state index contributed by atoms with van der Waals surface area (Å²) in [5.74, 6) is 1.64. The van der Waals surface area contributed by atoms with E-state index < -0.39 is 0 Å². The molecule has 0 amide bonds. The molecule has 4 heterocycles. The number of aromatic nitrogens is 3. The van der Waals surface area contributed by atoms with Gasteiger partial charge in [0.1, 0.15) is 11.6 Å². The number of anilines is 2. The van der Waals surface area contributed by atoms with Gasteiger partial charge in [-0.1, -0.05) is 17.8 Å². The molecular formula is C24H23N5O. The summed E-state index contributed by atoms with van der Waals surface area (Å²) in [7, 11) is 0. The maximum Gasteiger partial charge on any atom is 0.141 e. The Bertz CT molecular complexity index is 1270. The van der Waals surface area contributed by atoms with Crippen molar-refractivity contribution in [1.29, 1.82) is 0 Å². The van der Waals surface area contributed by atoms with Crippen LogP contribution in [0.1, 0.15) is 35.7 Å². The molecule has 0 fully saturated rings. The highest BCUT2D eigenvalue weighted by molar-refractivity contribution is 6.04. The Labute approximate surface area is 175 Å². The molecule has 6 heteroatoms. The van der Waals surface area contributed by atoms with Crippen molar-refractivity contribution in [1.82, 2.24) is 15.1 Å². The number of fused-ring (bicyclic) bond motifs is 3. The highest BCUT2D eigenvalue weighted by Crippen LogP contribution is 2.46. The van der Waals surface area contributed by atoms with E-state index in [1.165, 1.54) is 0 Å². The van der Waals surface area contributed by atoms with Crippen LogP contribution in [0.5, 0.6) is 0 Å². The highest BCUT2D eigenvalue weighted by Gasteiger charge is 2.31. The molecule has 0 saturated heterocycles. The summed E-state index contributed by atoms with van der Waals surface area (Å²) < 4.78 is 5.40. The van der Waals surface area contributed by atoms with Crippen LogP contribution >= 0.6 is 0 Å². The predicted octanol–water partition coefficient (Wildman–Crippen LogP) is 5.67. The molecule has 0 bridgehead atoms. The van der Waals surface area contributed by atoms with E-state index in [0.717, 1.165) is 61.9 Å². The second-order valence-corrected chi connectivity index (χ2v) is 7.78. The van der Waals surface area contributed by atoms with E-state index in [9.17, 15) is 0 Å². The lowest BCUT2D eigenvalue weighted by atomic mass is 9.96. The zero-order valence-electron chi connectivity index (χ0n) is 17.5. The van der Waals surface area contributed by atoms with Crippen LogP contribution in [0.15, 0.2) is 59.6 Å². The zero-order valence-corrected chi connectivity index (χ0v) is 17.5. The molecule has 4 aromatic rings. The molecule has 0 unspecified atom stereocenters. The van der Waals surface area contributed by atoms with Crippen LogP contribution in [-0.4, -0.2) is 15.1 Å². The van der Waals surface area contributed by atoms with Gasteiger partial charge in [0.05, 0.1) is 40.5 Å². The van der Waals surface area contributed by atoms with Gasteiger partial charge in [-0.2, -0.15) is 0 Å². The van der Waals surface area contributed by atoms with Crippen molar-refractivity contribution in [3.63, 3.8) is 0 Å². The zero-order chi connectivity index (χ0) is 21.0. The van der Waals surface area contributed by atoms with Crippen LogP contribution in [0, 0.1) is 20.8 Å². The van der Waals surface area contributed by atoms with Crippen LogP contribution in [0.2, 0.25) is 0 Å². The first-order valence-electron chi connectivity index (χ1n) is 9.98. The van der Waals surface area contributed by atoms with Gasteiger partial charge in [-0.25, -0.2) is 0 Å². The fourth-order valence-electron chi connectivity index (χ4n) is 4.35. The second-order valence-electron chi connectivity index (χ2n) is 7.78. The van der Waals surface area contributed by atoms with Gasteiger partial charge < -0.3 is 14.7 Å². The smallest absolute Gasteiger partial charge is 0.141 e. The van der Waals surface area contributed by atoms with Crippen molar-refractivity contribution in [2.75, 3.05) is 10.2 Å². The number of rotatable bonds is 3. The average Bonchev–Trinajstić information content (AvgIpc) is 3.26. The number of nitrogens with one attached hydrogen (secondary N) is 1. The van der Waals surface area contributed by atoms with Crippen molar-refractivity contribution in [3.8, 4) is 11.1 Å². The monoisotopic (exact) mass is 397 g/mol. The summed E-state index contributed by atoms with van der Waals surface area (Å²) in [6, 6.07) is 10.3. The molecule has 0 saturated carbocycles. The SMILES string of the molecule is C=C1Nc2cnc3cc(-c4c(C)noc4C)c(C)cc3c2N1[C@H](C)c1ccccn1. The summed E-state index contributed by atoms with van der Waals surface area (Å²) in [6.45, 7) is 12.4. The Morgan fingerprint density at radius 1 is 1.13 bits per heavy atom. The van der Waals surface area contributed by atoms with E-state index in [1.807, 2.05) is 44.4 Å². The van der Waals surface area contributed by atoms with E-state index in [2.05, 4.69) is 52.9 Å². The lowest BCUT2D eigenvalue weighted by Crippen LogP contribution is -2.24. The molecule has 1 aliphatic rings. The maximum atomic E-state index is 5.40. The summed E-state index contributed by atoms with van der Waals surface area (Å²) >= 11 is 0. The van der Waals surface area contributed by atoms with Gasteiger partial charge in [-0.3, -0.25) is 9.97 Å². The van der Waals surface area contributed by atoms with Gasteiger partial charge in [0.15, 0.2) is 0 Å². The molecule has 1 aliphatic heterocycles. The maximum absolute atomic E-state index is 5.40. The van der Waals surface area contributed by atoms with E-state index in [1.54, 1.807) is 0 Å². The van der Waals surface area contributed by atoms with Crippen LogP contribution in [-0.2, 0) is 0 Å². The fourth-order valence-corrected chi connectivity index (χ4v) is 4.35. The molecule has 0 aliphatic carbocycles. The Morgan fingerprint density at radius 3 is 2.67 bits per heavy atom.